The van der Waals surface area contributed by atoms with Gasteiger partial charge in [0.2, 0.25) is 11.8 Å². The van der Waals surface area contributed by atoms with Crippen LogP contribution in [0, 0.1) is 6.92 Å². The van der Waals surface area contributed by atoms with Gasteiger partial charge < -0.3 is 10.2 Å². The van der Waals surface area contributed by atoms with Crippen LogP contribution in [-0.2, 0) is 21.9 Å². The van der Waals surface area contributed by atoms with Gasteiger partial charge >= 0.3 is 0 Å². The molecule has 0 spiro atoms. The summed E-state index contributed by atoms with van der Waals surface area (Å²) in [5.74, 6) is 0.765. The molecule has 0 saturated heterocycles. The summed E-state index contributed by atoms with van der Waals surface area (Å²) in [6, 6.07) is 12.9. The minimum atomic E-state index is -0.601. The van der Waals surface area contributed by atoms with E-state index in [1.807, 2.05) is 6.92 Å². The highest BCUT2D eigenvalue weighted by molar-refractivity contribution is 7.99. The fourth-order valence-electron chi connectivity index (χ4n) is 2.98. The first-order chi connectivity index (χ1) is 14.8. The van der Waals surface area contributed by atoms with Crippen LogP contribution in [0.1, 0.15) is 43.4 Å². The van der Waals surface area contributed by atoms with Gasteiger partial charge in [-0.1, -0.05) is 72.4 Å². The average molecular weight is 481 g/mol. The van der Waals surface area contributed by atoms with E-state index in [0.717, 1.165) is 24.2 Å². The summed E-state index contributed by atoms with van der Waals surface area (Å²) in [5, 5.41) is 3.94. The molecule has 0 saturated carbocycles. The Labute approximate surface area is 199 Å². The molecular formula is C24H30Cl2N2O2S. The van der Waals surface area contributed by atoms with Crippen molar-refractivity contribution in [2.24, 2.45) is 0 Å². The molecule has 7 heteroatoms. The summed E-state index contributed by atoms with van der Waals surface area (Å²) in [6.45, 7) is 6.73. The molecule has 0 aliphatic rings. The summed E-state index contributed by atoms with van der Waals surface area (Å²) in [6.07, 6.45) is 1.90. The molecule has 2 aromatic rings. The minimum absolute atomic E-state index is 0.0960. The number of nitrogens with zero attached hydrogens (tertiary/aromatic N) is 1. The minimum Gasteiger partial charge on any atom is -0.354 e. The van der Waals surface area contributed by atoms with Crippen molar-refractivity contribution in [3.05, 3.63) is 69.2 Å². The van der Waals surface area contributed by atoms with E-state index in [1.165, 1.54) is 22.9 Å². The number of hydrogen-bond donors (Lipinski definition) is 1. The SMILES string of the molecule is CCCCNC(=O)[C@@H](C)N(Cc1ccc(Cl)cc1Cl)C(=O)CSCc1ccc(C)cc1. The molecule has 2 aromatic carbocycles. The van der Waals surface area contributed by atoms with Crippen LogP contribution in [0.15, 0.2) is 42.5 Å². The Kier molecular flexibility index (Phi) is 10.7. The molecule has 0 unspecified atom stereocenters. The molecule has 0 aliphatic heterocycles. The second kappa shape index (κ2) is 13.0. The monoisotopic (exact) mass is 480 g/mol. The topological polar surface area (TPSA) is 49.4 Å². The number of unbranched alkanes of at least 4 members (excludes halogenated alkanes) is 1. The van der Waals surface area contributed by atoms with Gasteiger partial charge in [-0.3, -0.25) is 9.59 Å². The van der Waals surface area contributed by atoms with Crippen molar-refractivity contribution >= 4 is 46.8 Å². The second-order valence-electron chi connectivity index (χ2n) is 7.56. The van der Waals surface area contributed by atoms with Gasteiger partial charge in [0.15, 0.2) is 0 Å². The number of carbonyl (C=O) groups excluding carboxylic acids is 2. The van der Waals surface area contributed by atoms with Crippen LogP contribution in [-0.4, -0.2) is 35.1 Å². The molecule has 0 bridgehead atoms. The van der Waals surface area contributed by atoms with Gasteiger partial charge in [0.05, 0.1) is 5.75 Å². The van der Waals surface area contributed by atoms with E-state index in [0.29, 0.717) is 16.6 Å². The van der Waals surface area contributed by atoms with Gasteiger partial charge in [-0.2, -0.15) is 0 Å². The lowest BCUT2D eigenvalue weighted by molar-refractivity contribution is -0.138. The molecule has 0 aliphatic carbocycles. The standard InChI is InChI=1S/C24H30Cl2N2O2S/c1-4-5-12-27-24(30)18(3)28(14-20-10-11-21(25)13-22(20)26)23(29)16-31-15-19-8-6-17(2)7-9-19/h6-11,13,18H,4-5,12,14-16H2,1-3H3,(H,27,30)/t18-/m1/s1. The van der Waals surface area contributed by atoms with Gasteiger partial charge in [0.1, 0.15) is 6.04 Å². The van der Waals surface area contributed by atoms with Crippen molar-refractivity contribution in [2.45, 2.75) is 52.0 Å². The normalized spacial score (nSPS) is 11.8. The van der Waals surface area contributed by atoms with Gasteiger partial charge in [0, 0.05) is 28.9 Å². The van der Waals surface area contributed by atoms with E-state index in [1.54, 1.807) is 30.0 Å². The first-order valence-corrected chi connectivity index (χ1v) is 12.4. The molecule has 1 atom stereocenters. The van der Waals surface area contributed by atoms with Crippen LogP contribution in [0.4, 0.5) is 0 Å². The van der Waals surface area contributed by atoms with Crippen LogP contribution in [0.25, 0.3) is 0 Å². The van der Waals surface area contributed by atoms with Crippen molar-refractivity contribution < 1.29 is 9.59 Å². The maximum atomic E-state index is 13.1. The van der Waals surface area contributed by atoms with Crippen LogP contribution < -0.4 is 5.32 Å². The zero-order valence-corrected chi connectivity index (χ0v) is 20.6. The van der Waals surface area contributed by atoms with E-state index in [2.05, 4.69) is 36.5 Å². The van der Waals surface area contributed by atoms with E-state index in [-0.39, 0.29) is 24.1 Å². The first-order valence-electron chi connectivity index (χ1n) is 10.5. The maximum Gasteiger partial charge on any atom is 0.242 e. The van der Waals surface area contributed by atoms with Crippen molar-refractivity contribution in [3.8, 4) is 0 Å². The third-order valence-corrected chi connectivity index (χ3v) is 6.54. The second-order valence-corrected chi connectivity index (χ2v) is 9.39. The van der Waals surface area contributed by atoms with Crippen LogP contribution in [0.2, 0.25) is 10.0 Å². The quantitative estimate of drug-likeness (QED) is 0.409. The summed E-state index contributed by atoms with van der Waals surface area (Å²) in [4.78, 5) is 27.4. The third kappa shape index (κ3) is 8.40. The van der Waals surface area contributed by atoms with Gasteiger partial charge in [-0.05, 0) is 43.5 Å². The zero-order chi connectivity index (χ0) is 22.8. The molecule has 31 heavy (non-hydrogen) atoms. The molecule has 1 N–H and O–H groups in total. The molecule has 0 radical (unpaired) electrons. The number of amides is 2. The molecule has 2 amide bonds. The Hall–Kier alpha value is -1.69. The van der Waals surface area contributed by atoms with Gasteiger partial charge in [-0.15, -0.1) is 11.8 Å². The molecule has 2 rings (SSSR count). The van der Waals surface area contributed by atoms with Gasteiger partial charge in [-0.25, -0.2) is 0 Å². The highest BCUT2D eigenvalue weighted by atomic mass is 35.5. The fraction of sp³-hybridized carbons (Fsp3) is 0.417. The Morgan fingerprint density at radius 1 is 1.13 bits per heavy atom. The molecular weight excluding hydrogens is 451 g/mol. The average Bonchev–Trinajstić information content (AvgIpc) is 2.74. The Bertz CT molecular complexity index is 874. The predicted octanol–water partition coefficient (Wildman–Crippen LogP) is 5.87. The highest BCUT2D eigenvalue weighted by Crippen LogP contribution is 2.24. The van der Waals surface area contributed by atoms with Crippen LogP contribution >= 0.6 is 35.0 Å². The number of thioether (sulfide) groups is 1. The lowest BCUT2D eigenvalue weighted by Crippen LogP contribution is -2.48. The largest absolute Gasteiger partial charge is 0.354 e. The van der Waals surface area contributed by atoms with Crippen LogP contribution in [0.3, 0.4) is 0 Å². The van der Waals surface area contributed by atoms with Crippen molar-refractivity contribution in [2.75, 3.05) is 12.3 Å². The van der Waals surface area contributed by atoms with E-state index in [9.17, 15) is 9.59 Å². The zero-order valence-electron chi connectivity index (χ0n) is 18.3. The molecule has 0 heterocycles. The first kappa shape index (κ1) is 25.6. The number of carbonyl (C=O) groups is 2. The maximum absolute atomic E-state index is 13.1. The predicted molar refractivity (Wildman–Crippen MR) is 132 cm³/mol. The number of aryl methyl sites for hydroxylation is 1. The van der Waals surface area contributed by atoms with E-state index >= 15 is 0 Å². The molecule has 0 aromatic heterocycles. The summed E-state index contributed by atoms with van der Waals surface area (Å²) in [7, 11) is 0. The fourth-order valence-corrected chi connectivity index (χ4v) is 4.31. The van der Waals surface area contributed by atoms with Gasteiger partial charge in [0.25, 0.3) is 0 Å². The van der Waals surface area contributed by atoms with E-state index in [4.69, 9.17) is 23.2 Å². The number of halogens is 2. The summed E-state index contributed by atoms with van der Waals surface area (Å²) >= 11 is 13.9. The lowest BCUT2D eigenvalue weighted by atomic mass is 10.1. The number of hydrogen-bond acceptors (Lipinski definition) is 3. The Morgan fingerprint density at radius 3 is 2.48 bits per heavy atom. The lowest BCUT2D eigenvalue weighted by Gasteiger charge is -2.29. The number of benzene rings is 2. The third-order valence-electron chi connectivity index (χ3n) is 4.97. The Morgan fingerprint density at radius 2 is 1.84 bits per heavy atom. The molecule has 168 valence electrons. The number of nitrogens with one attached hydrogen (secondary N) is 1. The van der Waals surface area contributed by atoms with Crippen molar-refractivity contribution in [1.29, 1.82) is 0 Å². The number of rotatable bonds is 11. The summed E-state index contributed by atoms with van der Waals surface area (Å²) in [5.41, 5.74) is 3.14. The van der Waals surface area contributed by atoms with Crippen molar-refractivity contribution in [1.82, 2.24) is 10.2 Å². The van der Waals surface area contributed by atoms with Crippen molar-refractivity contribution in [3.63, 3.8) is 0 Å². The Balaban J connectivity index is 2.08. The van der Waals surface area contributed by atoms with Crippen LogP contribution in [0.5, 0.6) is 0 Å². The highest BCUT2D eigenvalue weighted by Gasteiger charge is 2.26. The molecule has 4 nitrogen and oxygen atoms in total. The molecule has 0 fully saturated rings. The van der Waals surface area contributed by atoms with E-state index < -0.39 is 6.04 Å². The smallest absolute Gasteiger partial charge is 0.242 e. The summed E-state index contributed by atoms with van der Waals surface area (Å²) < 4.78 is 0.